The van der Waals surface area contributed by atoms with Crippen LogP contribution in [-0.2, 0) is 0 Å². The zero-order valence-electron chi connectivity index (χ0n) is 8.04. The summed E-state index contributed by atoms with van der Waals surface area (Å²) >= 11 is 1.87. The Balaban J connectivity index is 2.06. The summed E-state index contributed by atoms with van der Waals surface area (Å²) in [7, 11) is 0. The van der Waals surface area contributed by atoms with Crippen molar-refractivity contribution in [3.63, 3.8) is 0 Å². The van der Waals surface area contributed by atoms with Gasteiger partial charge in [0.15, 0.2) is 5.82 Å². The molecule has 0 fully saturated rings. The maximum Gasteiger partial charge on any atom is 0.321 e. The van der Waals surface area contributed by atoms with Crippen LogP contribution in [0.5, 0.6) is 0 Å². The molecular weight excluding hydrogens is 186 g/mol. The van der Waals surface area contributed by atoms with Gasteiger partial charge in [0.25, 0.3) is 0 Å². The summed E-state index contributed by atoms with van der Waals surface area (Å²) in [4.78, 5) is 4.03. The van der Waals surface area contributed by atoms with Gasteiger partial charge in [-0.1, -0.05) is 5.16 Å². The average Bonchev–Trinajstić information content (AvgIpc) is 2.51. The second-order valence-corrected chi connectivity index (χ2v) is 3.76. The topological polar surface area (TPSA) is 51.0 Å². The second kappa shape index (κ2) is 5.85. The molecule has 0 aromatic carbocycles. The lowest BCUT2D eigenvalue weighted by Gasteiger charge is -1.99. The fraction of sp³-hybridized carbons (Fsp3) is 0.750. The predicted molar refractivity (Wildman–Crippen MR) is 55.1 cm³/mol. The molecule has 1 heterocycles. The molecule has 1 rings (SSSR count). The van der Waals surface area contributed by atoms with Crippen LogP contribution in [0.4, 0.5) is 6.01 Å². The van der Waals surface area contributed by atoms with E-state index in [0.29, 0.717) is 11.8 Å². The third-order valence-corrected chi connectivity index (χ3v) is 2.28. The quantitative estimate of drug-likeness (QED) is 0.713. The Hall–Kier alpha value is -0.710. The Kier molecular flexibility index (Phi) is 4.67. The predicted octanol–water partition coefficient (Wildman–Crippen LogP) is 1.93. The number of nitrogens with zero attached hydrogens (tertiary/aromatic N) is 2. The van der Waals surface area contributed by atoms with Crippen molar-refractivity contribution in [2.45, 2.75) is 19.8 Å². The van der Waals surface area contributed by atoms with Gasteiger partial charge < -0.3 is 9.84 Å². The van der Waals surface area contributed by atoms with Gasteiger partial charge in [-0.15, -0.1) is 0 Å². The molecule has 1 aromatic heterocycles. The molecule has 0 amide bonds. The summed E-state index contributed by atoms with van der Waals surface area (Å²) in [5, 5.41) is 6.75. The molecule has 13 heavy (non-hydrogen) atoms. The molecule has 0 saturated carbocycles. The van der Waals surface area contributed by atoms with E-state index in [-0.39, 0.29) is 0 Å². The summed E-state index contributed by atoms with van der Waals surface area (Å²) in [6, 6.07) is 0.529. The molecule has 5 heteroatoms. The minimum absolute atomic E-state index is 0.529. The first kappa shape index (κ1) is 10.4. The van der Waals surface area contributed by atoms with Crippen LogP contribution in [0.3, 0.4) is 0 Å². The van der Waals surface area contributed by atoms with Gasteiger partial charge in [-0.25, -0.2) is 0 Å². The van der Waals surface area contributed by atoms with Crippen molar-refractivity contribution >= 4 is 17.8 Å². The lowest BCUT2D eigenvalue weighted by atomic mass is 10.3. The van der Waals surface area contributed by atoms with E-state index < -0.39 is 0 Å². The van der Waals surface area contributed by atoms with Crippen molar-refractivity contribution in [3.8, 4) is 0 Å². The lowest BCUT2D eigenvalue weighted by molar-refractivity contribution is 0.425. The monoisotopic (exact) mass is 201 g/mol. The standard InChI is InChI=1S/C8H15N3OS/c1-7-10-8(12-11-7)9-5-3-4-6-13-2/h3-6H2,1-2H3,(H,9,10,11). The van der Waals surface area contributed by atoms with Gasteiger partial charge >= 0.3 is 6.01 Å². The number of hydrogen-bond acceptors (Lipinski definition) is 5. The van der Waals surface area contributed by atoms with Crippen LogP contribution in [0.15, 0.2) is 4.52 Å². The number of unbranched alkanes of at least 4 members (excludes halogenated alkanes) is 1. The maximum absolute atomic E-state index is 4.89. The van der Waals surface area contributed by atoms with Gasteiger partial charge in [0.2, 0.25) is 0 Å². The van der Waals surface area contributed by atoms with Crippen molar-refractivity contribution in [3.05, 3.63) is 5.82 Å². The van der Waals surface area contributed by atoms with E-state index in [4.69, 9.17) is 4.52 Å². The summed E-state index contributed by atoms with van der Waals surface area (Å²) in [5.74, 6) is 1.89. The second-order valence-electron chi connectivity index (χ2n) is 2.77. The van der Waals surface area contributed by atoms with E-state index in [1.54, 1.807) is 0 Å². The number of nitrogens with one attached hydrogen (secondary N) is 1. The summed E-state index contributed by atoms with van der Waals surface area (Å²) in [6.45, 7) is 2.71. The highest BCUT2D eigenvalue weighted by Gasteiger charge is 1.99. The smallest absolute Gasteiger partial charge is 0.321 e. The van der Waals surface area contributed by atoms with E-state index in [1.807, 2.05) is 18.7 Å². The van der Waals surface area contributed by atoms with Gasteiger partial charge in [-0.3, -0.25) is 0 Å². The molecule has 0 atom stereocenters. The van der Waals surface area contributed by atoms with Crippen molar-refractivity contribution in [1.29, 1.82) is 0 Å². The minimum atomic E-state index is 0.529. The third kappa shape index (κ3) is 4.17. The van der Waals surface area contributed by atoms with Crippen molar-refractivity contribution in [1.82, 2.24) is 10.1 Å². The summed E-state index contributed by atoms with van der Waals surface area (Å²) < 4.78 is 4.89. The van der Waals surface area contributed by atoms with Crippen LogP contribution >= 0.6 is 11.8 Å². The van der Waals surface area contributed by atoms with Crippen LogP contribution in [-0.4, -0.2) is 28.7 Å². The van der Waals surface area contributed by atoms with E-state index in [0.717, 1.165) is 13.0 Å². The fourth-order valence-electron chi connectivity index (χ4n) is 0.936. The molecule has 0 aliphatic carbocycles. The summed E-state index contributed by atoms with van der Waals surface area (Å²) in [5.41, 5.74) is 0. The molecule has 0 unspecified atom stereocenters. The van der Waals surface area contributed by atoms with E-state index in [9.17, 15) is 0 Å². The Bertz CT molecular complexity index is 239. The third-order valence-electron chi connectivity index (χ3n) is 1.58. The van der Waals surface area contributed by atoms with Crippen molar-refractivity contribution in [2.24, 2.45) is 0 Å². The van der Waals surface area contributed by atoms with E-state index in [2.05, 4.69) is 21.7 Å². The van der Waals surface area contributed by atoms with Crippen LogP contribution < -0.4 is 5.32 Å². The Labute approximate surface area is 82.5 Å². The molecule has 4 nitrogen and oxygen atoms in total. The highest BCUT2D eigenvalue weighted by molar-refractivity contribution is 7.98. The first-order chi connectivity index (χ1) is 6.33. The van der Waals surface area contributed by atoms with E-state index >= 15 is 0 Å². The minimum Gasteiger partial charge on any atom is -0.338 e. The molecule has 0 aliphatic rings. The fourth-order valence-corrected chi connectivity index (χ4v) is 1.43. The zero-order chi connectivity index (χ0) is 9.52. The highest BCUT2D eigenvalue weighted by Crippen LogP contribution is 2.03. The number of rotatable bonds is 6. The molecule has 74 valence electrons. The molecule has 1 aromatic rings. The van der Waals surface area contributed by atoms with Gasteiger partial charge in [0.1, 0.15) is 0 Å². The van der Waals surface area contributed by atoms with Crippen LogP contribution in [0.25, 0.3) is 0 Å². The number of thioether (sulfide) groups is 1. The molecule has 0 bridgehead atoms. The largest absolute Gasteiger partial charge is 0.338 e. The van der Waals surface area contributed by atoms with Crippen molar-refractivity contribution in [2.75, 3.05) is 23.9 Å². The van der Waals surface area contributed by atoms with Gasteiger partial charge in [0.05, 0.1) is 0 Å². The van der Waals surface area contributed by atoms with E-state index in [1.165, 1.54) is 12.2 Å². The van der Waals surface area contributed by atoms with Crippen LogP contribution in [0, 0.1) is 6.92 Å². The number of hydrogen-bond donors (Lipinski definition) is 1. The normalized spacial score (nSPS) is 10.3. The first-order valence-corrected chi connectivity index (χ1v) is 5.75. The van der Waals surface area contributed by atoms with Crippen molar-refractivity contribution < 1.29 is 4.52 Å². The Morgan fingerprint density at radius 1 is 1.46 bits per heavy atom. The average molecular weight is 201 g/mol. The summed E-state index contributed by atoms with van der Waals surface area (Å²) in [6.07, 6.45) is 4.48. The van der Waals surface area contributed by atoms with Gasteiger partial charge in [-0.2, -0.15) is 16.7 Å². The number of aromatic nitrogens is 2. The molecule has 0 aliphatic heterocycles. The molecular formula is C8H15N3OS. The highest BCUT2D eigenvalue weighted by atomic mass is 32.2. The molecule has 0 spiro atoms. The first-order valence-electron chi connectivity index (χ1n) is 4.36. The molecule has 0 radical (unpaired) electrons. The molecule has 1 N–H and O–H groups in total. The Morgan fingerprint density at radius 2 is 2.31 bits per heavy atom. The Morgan fingerprint density at radius 3 is 2.92 bits per heavy atom. The zero-order valence-corrected chi connectivity index (χ0v) is 8.86. The van der Waals surface area contributed by atoms with Crippen LogP contribution in [0.2, 0.25) is 0 Å². The maximum atomic E-state index is 4.89. The number of aryl methyl sites for hydroxylation is 1. The number of anilines is 1. The van der Waals surface area contributed by atoms with Gasteiger partial charge in [0, 0.05) is 6.54 Å². The SMILES string of the molecule is CSCCCCNc1nc(C)no1. The van der Waals surface area contributed by atoms with Gasteiger partial charge in [-0.05, 0) is 31.8 Å². The van der Waals surface area contributed by atoms with Crippen LogP contribution in [0.1, 0.15) is 18.7 Å². The lowest BCUT2D eigenvalue weighted by Crippen LogP contribution is -2.01. The molecule has 0 saturated heterocycles.